The molecule has 0 aliphatic carbocycles. The first-order valence-electron chi connectivity index (χ1n) is 5.81. The molecule has 0 spiro atoms. The van der Waals surface area contributed by atoms with E-state index in [9.17, 15) is 4.79 Å². The van der Waals surface area contributed by atoms with E-state index in [4.69, 9.17) is 4.74 Å². The van der Waals surface area contributed by atoms with Crippen LogP contribution in [0.1, 0.15) is 22.8 Å². The van der Waals surface area contributed by atoms with Crippen LogP contribution in [-0.4, -0.2) is 37.1 Å². The minimum absolute atomic E-state index is 0.0800. The highest BCUT2D eigenvalue weighted by Gasteiger charge is 2.18. The van der Waals surface area contributed by atoms with Crippen LogP contribution in [0.4, 0.5) is 0 Å². The number of benzene rings is 1. The summed E-state index contributed by atoms with van der Waals surface area (Å²) in [7, 11) is 0. The fraction of sp³-hybridized carbons (Fsp3) is 0.357. The van der Waals surface area contributed by atoms with Crippen molar-refractivity contribution in [1.82, 2.24) is 4.90 Å². The van der Waals surface area contributed by atoms with E-state index in [0.717, 1.165) is 16.7 Å². The molecule has 1 aliphatic heterocycles. The predicted molar refractivity (Wildman–Crippen MR) is 67.9 cm³/mol. The fourth-order valence-electron chi connectivity index (χ4n) is 1.87. The monoisotopic (exact) mass is 231 g/mol. The molecule has 1 saturated heterocycles. The summed E-state index contributed by atoms with van der Waals surface area (Å²) in [5.74, 6) is 0.0800. The Morgan fingerprint density at radius 3 is 2.59 bits per heavy atom. The number of hydrogen-bond donors (Lipinski definition) is 0. The summed E-state index contributed by atoms with van der Waals surface area (Å²) in [4.78, 5) is 14.0. The summed E-state index contributed by atoms with van der Waals surface area (Å²) >= 11 is 0. The number of amides is 1. The summed E-state index contributed by atoms with van der Waals surface area (Å²) in [6.45, 7) is 8.45. The van der Waals surface area contributed by atoms with E-state index in [-0.39, 0.29) is 5.91 Å². The first-order chi connectivity index (χ1) is 8.18. The lowest BCUT2D eigenvalue weighted by atomic mass is 10.0. The van der Waals surface area contributed by atoms with E-state index in [1.807, 2.05) is 36.1 Å². The second-order valence-corrected chi connectivity index (χ2v) is 4.27. The van der Waals surface area contributed by atoms with Gasteiger partial charge in [-0.1, -0.05) is 24.3 Å². The molecule has 0 bridgehead atoms. The molecule has 3 heteroatoms. The Bertz CT molecular complexity index is 434. The van der Waals surface area contributed by atoms with E-state index >= 15 is 0 Å². The highest BCUT2D eigenvalue weighted by Crippen LogP contribution is 2.15. The van der Waals surface area contributed by atoms with Crippen LogP contribution >= 0.6 is 0 Å². The van der Waals surface area contributed by atoms with E-state index in [2.05, 4.69) is 6.58 Å². The summed E-state index contributed by atoms with van der Waals surface area (Å²) in [6.07, 6.45) is 0. The Kier molecular flexibility index (Phi) is 3.59. The van der Waals surface area contributed by atoms with E-state index in [0.29, 0.717) is 26.3 Å². The zero-order valence-corrected chi connectivity index (χ0v) is 10.1. The van der Waals surface area contributed by atoms with Crippen molar-refractivity contribution in [2.75, 3.05) is 26.3 Å². The Labute approximate surface area is 102 Å². The van der Waals surface area contributed by atoms with Crippen molar-refractivity contribution in [1.29, 1.82) is 0 Å². The molecule has 1 aromatic rings. The number of morpholine rings is 1. The van der Waals surface area contributed by atoms with Gasteiger partial charge in [-0.3, -0.25) is 4.79 Å². The van der Waals surface area contributed by atoms with Gasteiger partial charge in [-0.05, 0) is 24.6 Å². The van der Waals surface area contributed by atoms with E-state index in [1.165, 1.54) is 0 Å². The SMILES string of the molecule is C=C(C)c1cccc(C(=O)N2CCOCC2)c1. The van der Waals surface area contributed by atoms with Gasteiger partial charge in [0.15, 0.2) is 0 Å². The number of ether oxygens (including phenoxy) is 1. The van der Waals surface area contributed by atoms with Crippen LogP contribution in [-0.2, 0) is 4.74 Å². The average molecular weight is 231 g/mol. The molecule has 0 radical (unpaired) electrons. The summed E-state index contributed by atoms with van der Waals surface area (Å²) in [5.41, 5.74) is 2.72. The quantitative estimate of drug-likeness (QED) is 0.781. The molecule has 1 aromatic carbocycles. The minimum atomic E-state index is 0.0800. The maximum Gasteiger partial charge on any atom is 0.254 e. The third-order valence-electron chi connectivity index (χ3n) is 2.90. The molecule has 0 atom stereocenters. The average Bonchev–Trinajstić information content (AvgIpc) is 2.39. The number of nitrogens with zero attached hydrogens (tertiary/aromatic N) is 1. The molecular formula is C14H17NO2. The van der Waals surface area contributed by atoms with Gasteiger partial charge < -0.3 is 9.64 Å². The van der Waals surface area contributed by atoms with Gasteiger partial charge in [-0.25, -0.2) is 0 Å². The number of carbonyl (C=O) groups excluding carboxylic acids is 1. The van der Waals surface area contributed by atoms with Gasteiger partial charge >= 0.3 is 0 Å². The van der Waals surface area contributed by atoms with Gasteiger partial charge in [0.1, 0.15) is 0 Å². The number of rotatable bonds is 2. The van der Waals surface area contributed by atoms with Crippen LogP contribution < -0.4 is 0 Å². The fourth-order valence-corrected chi connectivity index (χ4v) is 1.87. The van der Waals surface area contributed by atoms with E-state index < -0.39 is 0 Å². The van der Waals surface area contributed by atoms with Crippen LogP contribution in [0.3, 0.4) is 0 Å². The zero-order valence-electron chi connectivity index (χ0n) is 10.1. The van der Waals surface area contributed by atoms with Crippen LogP contribution in [0, 0.1) is 0 Å². The van der Waals surface area contributed by atoms with Gasteiger partial charge in [-0.2, -0.15) is 0 Å². The number of carbonyl (C=O) groups is 1. The predicted octanol–water partition coefficient (Wildman–Crippen LogP) is 2.19. The van der Waals surface area contributed by atoms with Crippen molar-refractivity contribution in [2.45, 2.75) is 6.92 Å². The summed E-state index contributed by atoms with van der Waals surface area (Å²) in [5, 5.41) is 0. The second kappa shape index (κ2) is 5.15. The Morgan fingerprint density at radius 2 is 1.94 bits per heavy atom. The van der Waals surface area contributed by atoms with Crippen molar-refractivity contribution in [3.63, 3.8) is 0 Å². The molecule has 3 nitrogen and oxygen atoms in total. The summed E-state index contributed by atoms with van der Waals surface area (Å²) < 4.78 is 5.24. The standard InChI is InChI=1S/C14H17NO2/c1-11(2)12-4-3-5-13(10-12)14(16)15-6-8-17-9-7-15/h3-5,10H,1,6-9H2,2H3. The Hall–Kier alpha value is -1.61. The zero-order chi connectivity index (χ0) is 12.3. The van der Waals surface area contributed by atoms with Crippen molar-refractivity contribution in [2.24, 2.45) is 0 Å². The molecular weight excluding hydrogens is 214 g/mol. The van der Waals surface area contributed by atoms with Gasteiger partial charge in [0.2, 0.25) is 0 Å². The van der Waals surface area contributed by atoms with Crippen LogP contribution in [0.5, 0.6) is 0 Å². The summed E-state index contributed by atoms with van der Waals surface area (Å²) in [6, 6.07) is 7.63. The highest BCUT2D eigenvalue weighted by atomic mass is 16.5. The third kappa shape index (κ3) is 2.74. The second-order valence-electron chi connectivity index (χ2n) is 4.27. The van der Waals surface area contributed by atoms with Gasteiger partial charge in [0, 0.05) is 18.7 Å². The minimum Gasteiger partial charge on any atom is -0.378 e. The molecule has 1 aliphatic rings. The van der Waals surface area contributed by atoms with Crippen molar-refractivity contribution in [3.8, 4) is 0 Å². The number of allylic oxidation sites excluding steroid dienone is 1. The highest BCUT2D eigenvalue weighted by molar-refractivity contribution is 5.95. The van der Waals surface area contributed by atoms with Crippen LogP contribution in [0.15, 0.2) is 30.8 Å². The third-order valence-corrected chi connectivity index (χ3v) is 2.90. The largest absolute Gasteiger partial charge is 0.378 e. The van der Waals surface area contributed by atoms with Crippen LogP contribution in [0.2, 0.25) is 0 Å². The molecule has 0 unspecified atom stereocenters. The normalized spacial score (nSPS) is 15.7. The lowest BCUT2D eigenvalue weighted by Gasteiger charge is -2.27. The Morgan fingerprint density at radius 1 is 1.29 bits per heavy atom. The van der Waals surface area contributed by atoms with Crippen LogP contribution in [0.25, 0.3) is 5.57 Å². The lowest BCUT2D eigenvalue weighted by molar-refractivity contribution is 0.0303. The Balaban J connectivity index is 2.18. The van der Waals surface area contributed by atoms with Crippen molar-refractivity contribution < 1.29 is 9.53 Å². The maximum atomic E-state index is 12.2. The molecule has 1 fully saturated rings. The number of hydrogen-bond acceptors (Lipinski definition) is 2. The van der Waals surface area contributed by atoms with E-state index in [1.54, 1.807) is 0 Å². The molecule has 0 saturated carbocycles. The van der Waals surface area contributed by atoms with Crippen molar-refractivity contribution in [3.05, 3.63) is 42.0 Å². The molecule has 90 valence electrons. The maximum absolute atomic E-state index is 12.2. The smallest absolute Gasteiger partial charge is 0.254 e. The first kappa shape index (κ1) is 11.9. The molecule has 2 rings (SSSR count). The molecule has 1 heterocycles. The van der Waals surface area contributed by atoms with Crippen molar-refractivity contribution >= 4 is 11.5 Å². The molecule has 0 N–H and O–H groups in total. The lowest BCUT2D eigenvalue weighted by Crippen LogP contribution is -2.40. The molecule has 0 aromatic heterocycles. The van der Waals surface area contributed by atoms with Gasteiger partial charge in [-0.15, -0.1) is 0 Å². The molecule has 17 heavy (non-hydrogen) atoms. The van der Waals surface area contributed by atoms with Gasteiger partial charge in [0.05, 0.1) is 13.2 Å². The topological polar surface area (TPSA) is 29.5 Å². The first-order valence-corrected chi connectivity index (χ1v) is 5.81. The molecule has 1 amide bonds. The van der Waals surface area contributed by atoms with Gasteiger partial charge in [0.25, 0.3) is 5.91 Å².